The van der Waals surface area contributed by atoms with Crippen LogP contribution in [-0.2, 0) is 9.63 Å². The van der Waals surface area contributed by atoms with Crippen molar-refractivity contribution in [2.24, 2.45) is 17.0 Å². The molecule has 2 aliphatic carbocycles. The maximum atomic E-state index is 13.9. The minimum Gasteiger partial charge on any atom is -0.476 e. The second-order valence-electron chi connectivity index (χ2n) is 11.6. The number of para-hydroxylation sites is 2. The molecule has 2 unspecified atom stereocenters. The number of aromatic nitrogens is 2. The Kier molecular flexibility index (Phi) is 6.78. The molecule has 4 aliphatic rings. The van der Waals surface area contributed by atoms with E-state index in [4.69, 9.17) is 4.84 Å². The number of aliphatic carboxylic acids is 1. The molecule has 6 rings (SSSR count). The summed E-state index contributed by atoms with van der Waals surface area (Å²) in [6.45, 7) is 1.93. The zero-order valence-electron chi connectivity index (χ0n) is 21.7. The summed E-state index contributed by atoms with van der Waals surface area (Å²) in [7, 11) is 0. The average molecular weight is 507 g/mol. The van der Waals surface area contributed by atoms with Gasteiger partial charge >= 0.3 is 5.97 Å². The molecule has 3 heterocycles. The molecular weight excluding hydrogens is 468 g/mol. The Labute approximate surface area is 217 Å². The number of benzene rings is 1. The second kappa shape index (κ2) is 10.2. The first-order chi connectivity index (χ1) is 18.0. The Morgan fingerprint density at radius 1 is 0.973 bits per heavy atom. The summed E-state index contributed by atoms with van der Waals surface area (Å²) >= 11 is 0. The molecule has 2 aromatic rings. The van der Waals surface area contributed by atoms with Crippen molar-refractivity contribution in [3.8, 4) is 0 Å². The number of fused-ring (bicyclic) bond motifs is 5. The first-order valence-corrected chi connectivity index (χ1v) is 14.3. The number of piperidine rings is 2. The predicted octanol–water partition coefficient (Wildman–Crippen LogP) is 4.75. The lowest BCUT2D eigenvalue weighted by Gasteiger charge is -2.55. The van der Waals surface area contributed by atoms with Gasteiger partial charge < -0.3 is 14.5 Å². The van der Waals surface area contributed by atoms with E-state index in [1.165, 1.54) is 57.8 Å². The number of hydrogen-bond donors (Lipinski definition) is 1. The summed E-state index contributed by atoms with van der Waals surface area (Å²) in [6.07, 6.45) is 13.7. The molecule has 37 heavy (non-hydrogen) atoms. The minimum atomic E-state index is -1.31. The lowest BCUT2D eigenvalue weighted by atomic mass is 9.68. The van der Waals surface area contributed by atoms with Crippen molar-refractivity contribution >= 4 is 22.7 Å². The zero-order chi connectivity index (χ0) is 25.5. The van der Waals surface area contributed by atoms with Crippen molar-refractivity contribution < 1.29 is 14.7 Å². The van der Waals surface area contributed by atoms with Crippen LogP contribution in [0.2, 0.25) is 0 Å². The number of carboxylic acids is 1. The molecule has 1 N–H and O–H groups in total. The maximum Gasteiger partial charge on any atom is 0.360 e. The third-order valence-corrected chi connectivity index (χ3v) is 9.40. The van der Waals surface area contributed by atoms with Crippen LogP contribution in [0.25, 0.3) is 11.0 Å². The first kappa shape index (κ1) is 24.6. The Morgan fingerprint density at radius 2 is 1.65 bits per heavy atom. The lowest BCUT2D eigenvalue weighted by molar-refractivity contribution is -0.129. The standard InChI is InChI=1S/C29H38N4O4/c1-2-37-31-27(29(35)36)26-28(34)33(25-12-4-3-11-24(25)30-26)23-16-20-9-6-10-21(17-23)32(20)22-14-18-7-5-8-19(13-18)15-22/h3-4,11-12,18-23H,2,5-10,13-17H2,1H3,(H,35,36)/t18?,19?,20-,21+,22?,23+. The fourth-order valence-electron chi connectivity index (χ4n) is 8.12. The Hall–Kier alpha value is -2.74. The molecule has 2 saturated carbocycles. The number of hydrogen-bond acceptors (Lipinski definition) is 6. The van der Waals surface area contributed by atoms with E-state index in [1.54, 1.807) is 6.92 Å². The molecule has 198 valence electrons. The quantitative estimate of drug-likeness (QED) is 0.449. The van der Waals surface area contributed by atoms with E-state index in [2.05, 4.69) is 15.0 Å². The molecule has 8 heteroatoms. The molecule has 1 aromatic carbocycles. The third-order valence-electron chi connectivity index (χ3n) is 9.40. The number of oxime groups is 1. The lowest BCUT2D eigenvalue weighted by Crippen LogP contribution is -2.58. The van der Waals surface area contributed by atoms with Gasteiger partial charge in [-0.15, -0.1) is 0 Å². The first-order valence-electron chi connectivity index (χ1n) is 14.3. The van der Waals surface area contributed by atoms with Gasteiger partial charge in [-0.1, -0.05) is 43.0 Å². The molecule has 5 atom stereocenters. The van der Waals surface area contributed by atoms with Crippen molar-refractivity contribution in [1.29, 1.82) is 0 Å². The van der Waals surface area contributed by atoms with E-state index in [0.717, 1.165) is 30.2 Å². The van der Waals surface area contributed by atoms with Crippen molar-refractivity contribution in [3.05, 3.63) is 40.3 Å². The molecule has 4 fully saturated rings. The fourth-order valence-corrected chi connectivity index (χ4v) is 8.12. The Morgan fingerprint density at radius 3 is 2.32 bits per heavy atom. The summed E-state index contributed by atoms with van der Waals surface area (Å²) in [6, 6.07) is 9.19. The van der Waals surface area contributed by atoms with Crippen LogP contribution in [0.15, 0.2) is 34.2 Å². The second-order valence-corrected chi connectivity index (χ2v) is 11.6. The Balaban J connectivity index is 1.37. The topological polar surface area (TPSA) is 97.0 Å². The SMILES string of the molecule is CCON=C(C(=O)O)c1nc2ccccc2n([C@H]2C[C@H]3CCC[C@@H](C2)N3C2CC3CCCC(C3)C2)c1=O. The minimum absolute atomic E-state index is 0.0101. The zero-order valence-corrected chi connectivity index (χ0v) is 21.7. The van der Waals surface area contributed by atoms with Crippen LogP contribution in [0.1, 0.15) is 89.3 Å². The fraction of sp³-hybridized carbons (Fsp3) is 0.655. The van der Waals surface area contributed by atoms with Crippen LogP contribution in [0.4, 0.5) is 0 Å². The van der Waals surface area contributed by atoms with Crippen molar-refractivity contribution in [2.75, 3.05) is 6.61 Å². The average Bonchev–Trinajstić information content (AvgIpc) is 2.88. The van der Waals surface area contributed by atoms with E-state index in [-0.39, 0.29) is 23.9 Å². The summed E-state index contributed by atoms with van der Waals surface area (Å²) < 4.78 is 1.83. The van der Waals surface area contributed by atoms with Gasteiger partial charge in [0.1, 0.15) is 6.61 Å². The highest BCUT2D eigenvalue weighted by molar-refractivity contribution is 6.41. The van der Waals surface area contributed by atoms with Crippen LogP contribution in [0.3, 0.4) is 0 Å². The predicted molar refractivity (Wildman–Crippen MR) is 142 cm³/mol. The summed E-state index contributed by atoms with van der Waals surface area (Å²) in [5, 5.41) is 13.6. The van der Waals surface area contributed by atoms with E-state index in [9.17, 15) is 14.7 Å². The van der Waals surface area contributed by atoms with Gasteiger partial charge in [0.25, 0.3) is 5.56 Å². The van der Waals surface area contributed by atoms with Gasteiger partial charge in [-0.2, -0.15) is 0 Å². The van der Waals surface area contributed by atoms with Gasteiger partial charge in [-0.05, 0) is 75.8 Å². The highest BCUT2D eigenvalue weighted by Crippen LogP contribution is 2.47. The molecule has 0 amide bonds. The van der Waals surface area contributed by atoms with Crippen molar-refractivity contribution in [2.45, 2.75) is 102 Å². The van der Waals surface area contributed by atoms with Crippen LogP contribution >= 0.6 is 0 Å². The van der Waals surface area contributed by atoms with E-state index in [0.29, 0.717) is 23.6 Å². The molecular formula is C29H38N4O4. The van der Waals surface area contributed by atoms with Gasteiger partial charge in [0.05, 0.1) is 11.0 Å². The molecule has 0 spiro atoms. The summed E-state index contributed by atoms with van der Waals surface area (Å²) in [5.74, 6) is 0.475. The number of rotatable bonds is 6. The Bertz CT molecular complexity index is 1230. The molecule has 4 bridgehead atoms. The number of carbonyl (C=O) groups is 1. The van der Waals surface area contributed by atoms with Gasteiger partial charge in [-0.25, -0.2) is 9.78 Å². The largest absolute Gasteiger partial charge is 0.476 e. The molecule has 0 radical (unpaired) electrons. The summed E-state index contributed by atoms with van der Waals surface area (Å²) in [5.41, 5.74) is 0.407. The number of nitrogens with zero attached hydrogens (tertiary/aromatic N) is 4. The van der Waals surface area contributed by atoms with Gasteiger partial charge in [0.15, 0.2) is 5.69 Å². The third kappa shape index (κ3) is 4.58. The molecule has 1 aromatic heterocycles. The van der Waals surface area contributed by atoms with Crippen LogP contribution < -0.4 is 5.56 Å². The maximum absolute atomic E-state index is 13.9. The van der Waals surface area contributed by atoms with Crippen LogP contribution in [-0.4, -0.2) is 56.0 Å². The highest BCUT2D eigenvalue weighted by atomic mass is 16.6. The molecule has 8 nitrogen and oxygen atoms in total. The van der Waals surface area contributed by atoms with E-state index < -0.39 is 11.7 Å². The normalized spacial score (nSPS) is 32.3. The number of carboxylic acid groups (broad SMARTS) is 1. The van der Waals surface area contributed by atoms with Crippen molar-refractivity contribution in [3.63, 3.8) is 0 Å². The van der Waals surface area contributed by atoms with Gasteiger partial charge in [0, 0.05) is 24.2 Å². The van der Waals surface area contributed by atoms with E-state index in [1.807, 2.05) is 28.8 Å². The summed E-state index contributed by atoms with van der Waals surface area (Å²) in [4.78, 5) is 38.3. The van der Waals surface area contributed by atoms with Crippen LogP contribution in [0, 0.1) is 11.8 Å². The van der Waals surface area contributed by atoms with Gasteiger partial charge in [-0.3, -0.25) is 9.69 Å². The van der Waals surface area contributed by atoms with Crippen LogP contribution in [0.5, 0.6) is 0 Å². The monoisotopic (exact) mass is 506 g/mol. The van der Waals surface area contributed by atoms with Gasteiger partial charge in [0.2, 0.25) is 5.71 Å². The van der Waals surface area contributed by atoms with Crippen molar-refractivity contribution in [1.82, 2.24) is 14.5 Å². The van der Waals surface area contributed by atoms with E-state index >= 15 is 0 Å². The molecule has 2 aliphatic heterocycles. The smallest absolute Gasteiger partial charge is 0.360 e. The molecule has 2 saturated heterocycles. The highest BCUT2D eigenvalue weighted by Gasteiger charge is 2.45.